The molecule has 1 rings (SSSR count). The number of nitrogens with zero attached hydrogens (tertiary/aromatic N) is 1. The highest BCUT2D eigenvalue weighted by Gasteiger charge is 2.17. The van der Waals surface area contributed by atoms with E-state index in [1.54, 1.807) is 0 Å². The van der Waals surface area contributed by atoms with Gasteiger partial charge in [-0.1, -0.05) is 11.6 Å². The Kier molecular flexibility index (Phi) is 7.56. The lowest BCUT2D eigenvalue weighted by Crippen LogP contribution is -2.42. The molecule has 0 saturated carbocycles. The third kappa shape index (κ3) is 7.14. The van der Waals surface area contributed by atoms with E-state index in [2.05, 4.69) is 30.1 Å². The van der Waals surface area contributed by atoms with E-state index < -0.39 is 0 Å². The van der Waals surface area contributed by atoms with E-state index in [0.717, 1.165) is 25.9 Å². The maximum atomic E-state index is 9.19. The molecule has 3 heteroatoms. The molecule has 0 aromatic heterocycles. The molecule has 1 aliphatic rings. The van der Waals surface area contributed by atoms with Crippen LogP contribution < -0.4 is 5.32 Å². The summed E-state index contributed by atoms with van der Waals surface area (Å²) < 4.78 is 0. The van der Waals surface area contributed by atoms with Crippen LogP contribution in [0.15, 0.2) is 11.6 Å². The second kappa shape index (κ2) is 8.68. The SMILES string of the molecule is CC(C)=CCN1CCC(NCCCC(C)O)CC1. The second-order valence-electron chi connectivity index (χ2n) is 5.80. The molecule has 0 aliphatic carbocycles. The van der Waals surface area contributed by atoms with Crippen LogP contribution in [-0.4, -0.2) is 48.3 Å². The van der Waals surface area contributed by atoms with Gasteiger partial charge in [-0.15, -0.1) is 0 Å². The van der Waals surface area contributed by atoms with Crippen molar-refractivity contribution in [2.75, 3.05) is 26.2 Å². The van der Waals surface area contributed by atoms with E-state index in [4.69, 9.17) is 0 Å². The van der Waals surface area contributed by atoms with Gasteiger partial charge < -0.3 is 10.4 Å². The Morgan fingerprint density at radius 1 is 1.39 bits per heavy atom. The monoisotopic (exact) mass is 254 g/mol. The summed E-state index contributed by atoms with van der Waals surface area (Å²) in [6, 6.07) is 0.682. The van der Waals surface area contributed by atoms with Crippen molar-refractivity contribution in [3.05, 3.63) is 11.6 Å². The number of hydrogen-bond acceptors (Lipinski definition) is 3. The van der Waals surface area contributed by atoms with Crippen LogP contribution in [0.5, 0.6) is 0 Å². The molecule has 106 valence electrons. The van der Waals surface area contributed by atoms with Crippen LogP contribution in [0.1, 0.15) is 46.5 Å². The fraction of sp³-hybridized carbons (Fsp3) is 0.867. The standard InChI is InChI=1S/C15H30N2O/c1-13(2)6-10-17-11-7-15(8-12-17)16-9-4-5-14(3)18/h6,14-16,18H,4-5,7-12H2,1-3H3. The Labute approximate surface area is 112 Å². The van der Waals surface area contributed by atoms with Crippen molar-refractivity contribution in [3.8, 4) is 0 Å². The number of nitrogens with one attached hydrogen (secondary N) is 1. The van der Waals surface area contributed by atoms with E-state index >= 15 is 0 Å². The molecule has 0 radical (unpaired) electrons. The van der Waals surface area contributed by atoms with Gasteiger partial charge in [-0.05, 0) is 66.1 Å². The molecular formula is C15H30N2O. The molecule has 1 heterocycles. The first-order valence-electron chi connectivity index (χ1n) is 7.35. The largest absolute Gasteiger partial charge is 0.393 e. The first-order chi connectivity index (χ1) is 8.58. The number of piperidine rings is 1. The molecule has 0 aromatic rings. The first-order valence-corrected chi connectivity index (χ1v) is 7.35. The van der Waals surface area contributed by atoms with Crippen LogP contribution in [0.25, 0.3) is 0 Å². The van der Waals surface area contributed by atoms with Gasteiger partial charge in [0.1, 0.15) is 0 Å². The van der Waals surface area contributed by atoms with Crippen LogP contribution in [-0.2, 0) is 0 Å². The molecule has 1 fully saturated rings. The van der Waals surface area contributed by atoms with Gasteiger partial charge in [0.25, 0.3) is 0 Å². The van der Waals surface area contributed by atoms with E-state index in [1.807, 2.05) is 6.92 Å². The normalized spacial score (nSPS) is 19.8. The number of aliphatic hydroxyl groups excluding tert-OH is 1. The lowest BCUT2D eigenvalue weighted by molar-refractivity contribution is 0.178. The molecule has 0 spiro atoms. The molecule has 1 unspecified atom stereocenters. The highest BCUT2D eigenvalue weighted by Crippen LogP contribution is 2.10. The minimum Gasteiger partial charge on any atom is -0.393 e. The van der Waals surface area contributed by atoms with Crippen LogP contribution >= 0.6 is 0 Å². The van der Waals surface area contributed by atoms with Gasteiger partial charge in [-0.2, -0.15) is 0 Å². The van der Waals surface area contributed by atoms with E-state index in [1.165, 1.54) is 31.5 Å². The van der Waals surface area contributed by atoms with Gasteiger partial charge in [0, 0.05) is 12.6 Å². The maximum Gasteiger partial charge on any atom is 0.0512 e. The predicted octanol–water partition coefficient (Wildman–Crippen LogP) is 2.17. The van der Waals surface area contributed by atoms with E-state index in [9.17, 15) is 5.11 Å². The van der Waals surface area contributed by atoms with Crippen molar-refractivity contribution in [2.24, 2.45) is 0 Å². The summed E-state index contributed by atoms with van der Waals surface area (Å²) in [5.41, 5.74) is 1.41. The van der Waals surface area contributed by atoms with Crippen molar-refractivity contribution in [1.29, 1.82) is 0 Å². The molecule has 1 atom stereocenters. The van der Waals surface area contributed by atoms with Crippen molar-refractivity contribution in [3.63, 3.8) is 0 Å². The molecule has 0 bridgehead atoms. The summed E-state index contributed by atoms with van der Waals surface area (Å²) in [6.07, 6.45) is 6.66. The Hall–Kier alpha value is -0.380. The minimum absolute atomic E-state index is 0.155. The Morgan fingerprint density at radius 2 is 2.06 bits per heavy atom. The molecule has 0 aromatic carbocycles. The van der Waals surface area contributed by atoms with Crippen LogP contribution in [0.2, 0.25) is 0 Å². The van der Waals surface area contributed by atoms with Gasteiger partial charge in [-0.25, -0.2) is 0 Å². The minimum atomic E-state index is -0.155. The number of likely N-dealkylation sites (tertiary alicyclic amines) is 1. The molecule has 1 aliphatic heterocycles. The zero-order valence-corrected chi connectivity index (χ0v) is 12.3. The van der Waals surface area contributed by atoms with Gasteiger partial charge in [0.2, 0.25) is 0 Å². The molecule has 18 heavy (non-hydrogen) atoms. The van der Waals surface area contributed by atoms with Crippen molar-refractivity contribution in [2.45, 2.75) is 58.6 Å². The zero-order chi connectivity index (χ0) is 13.4. The first kappa shape index (κ1) is 15.7. The number of rotatable bonds is 7. The highest BCUT2D eigenvalue weighted by molar-refractivity contribution is 4.95. The highest BCUT2D eigenvalue weighted by atomic mass is 16.3. The molecule has 3 nitrogen and oxygen atoms in total. The maximum absolute atomic E-state index is 9.19. The Bertz CT molecular complexity index is 239. The Balaban J connectivity index is 2.06. The summed E-state index contributed by atoms with van der Waals surface area (Å²) in [6.45, 7) is 10.8. The average molecular weight is 254 g/mol. The zero-order valence-electron chi connectivity index (χ0n) is 12.3. The molecule has 0 amide bonds. The molecule has 1 saturated heterocycles. The molecule has 2 N–H and O–H groups in total. The fourth-order valence-corrected chi connectivity index (χ4v) is 2.33. The second-order valence-corrected chi connectivity index (χ2v) is 5.80. The molecular weight excluding hydrogens is 224 g/mol. The van der Waals surface area contributed by atoms with Gasteiger partial charge in [-0.3, -0.25) is 4.90 Å². The quantitative estimate of drug-likeness (QED) is 0.540. The number of allylic oxidation sites excluding steroid dienone is 1. The smallest absolute Gasteiger partial charge is 0.0512 e. The van der Waals surface area contributed by atoms with Crippen LogP contribution in [0.3, 0.4) is 0 Å². The predicted molar refractivity (Wildman–Crippen MR) is 77.8 cm³/mol. The Morgan fingerprint density at radius 3 is 2.61 bits per heavy atom. The number of aliphatic hydroxyl groups is 1. The third-order valence-electron chi connectivity index (χ3n) is 3.58. The summed E-state index contributed by atoms with van der Waals surface area (Å²) >= 11 is 0. The van der Waals surface area contributed by atoms with Gasteiger partial charge >= 0.3 is 0 Å². The third-order valence-corrected chi connectivity index (χ3v) is 3.58. The van der Waals surface area contributed by atoms with Crippen molar-refractivity contribution < 1.29 is 5.11 Å². The lowest BCUT2D eigenvalue weighted by atomic mass is 10.0. The van der Waals surface area contributed by atoms with E-state index in [-0.39, 0.29) is 6.10 Å². The average Bonchev–Trinajstić information content (AvgIpc) is 2.33. The van der Waals surface area contributed by atoms with E-state index in [0.29, 0.717) is 6.04 Å². The summed E-state index contributed by atoms with van der Waals surface area (Å²) in [5, 5.41) is 12.8. The number of hydrogen-bond donors (Lipinski definition) is 2. The lowest BCUT2D eigenvalue weighted by Gasteiger charge is -2.31. The summed E-state index contributed by atoms with van der Waals surface area (Å²) in [4.78, 5) is 2.53. The van der Waals surface area contributed by atoms with Crippen LogP contribution in [0, 0.1) is 0 Å². The van der Waals surface area contributed by atoms with Crippen LogP contribution in [0.4, 0.5) is 0 Å². The van der Waals surface area contributed by atoms with Gasteiger partial charge in [0.05, 0.1) is 6.10 Å². The van der Waals surface area contributed by atoms with Crippen molar-refractivity contribution >= 4 is 0 Å². The summed E-state index contributed by atoms with van der Waals surface area (Å²) in [7, 11) is 0. The fourth-order valence-electron chi connectivity index (χ4n) is 2.33. The summed E-state index contributed by atoms with van der Waals surface area (Å²) in [5.74, 6) is 0. The van der Waals surface area contributed by atoms with Gasteiger partial charge in [0.15, 0.2) is 0 Å². The topological polar surface area (TPSA) is 35.5 Å². The van der Waals surface area contributed by atoms with Crippen molar-refractivity contribution in [1.82, 2.24) is 10.2 Å².